The molecule has 1 N–H and O–H groups in total. The first-order chi connectivity index (χ1) is 10.7. The van der Waals surface area contributed by atoms with Crippen molar-refractivity contribution in [3.8, 4) is 11.6 Å². The number of hydrogen-bond acceptors (Lipinski definition) is 5. The summed E-state index contributed by atoms with van der Waals surface area (Å²) in [5, 5.41) is 6.44. The number of carbonyl (C=O) groups excluding carboxylic acids is 1. The minimum absolute atomic E-state index is 0.178. The van der Waals surface area contributed by atoms with Crippen molar-refractivity contribution in [1.82, 2.24) is 10.1 Å². The minimum atomic E-state index is -0.352. The Kier molecular flexibility index (Phi) is 3.95. The van der Waals surface area contributed by atoms with Gasteiger partial charge < -0.3 is 14.3 Å². The van der Waals surface area contributed by atoms with Crippen LogP contribution in [0.5, 0.6) is 0 Å². The van der Waals surface area contributed by atoms with Crippen LogP contribution in [0.2, 0.25) is 0 Å². The van der Waals surface area contributed by atoms with Crippen LogP contribution in [0.1, 0.15) is 12.3 Å². The first-order valence-electron chi connectivity index (χ1n) is 6.62. The molecule has 0 aliphatic heterocycles. The van der Waals surface area contributed by atoms with E-state index in [0.29, 0.717) is 29.6 Å². The summed E-state index contributed by atoms with van der Waals surface area (Å²) in [5.41, 5.74) is 0.535. The number of rotatable bonds is 5. The molecule has 22 heavy (non-hydrogen) atoms. The van der Waals surface area contributed by atoms with Crippen molar-refractivity contribution in [3.05, 3.63) is 54.4 Å². The van der Waals surface area contributed by atoms with E-state index < -0.39 is 0 Å². The highest BCUT2D eigenvalue weighted by Gasteiger charge is 2.12. The van der Waals surface area contributed by atoms with Crippen LogP contribution in [-0.2, 0) is 11.2 Å². The maximum atomic E-state index is 12.8. The third-order valence-corrected chi connectivity index (χ3v) is 2.90. The summed E-state index contributed by atoms with van der Waals surface area (Å²) >= 11 is 0. The maximum absolute atomic E-state index is 12.8. The Bertz CT molecular complexity index is 751. The van der Waals surface area contributed by atoms with Crippen molar-refractivity contribution in [2.75, 3.05) is 5.32 Å². The van der Waals surface area contributed by atoms with Gasteiger partial charge in [-0.3, -0.25) is 4.79 Å². The van der Waals surface area contributed by atoms with Crippen molar-refractivity contribution in [2.24, 2.45) is 0 Å². The molecule has 0 aliphatic rings. The van der Waals surface area contributed by atoms with Gasteiger partial charge in [-0.1, -0.05) is 5.16 Å². The minimum Gasteiger partial charge on any atom is -0.461 e. The van der Waals surface area contributed by atoms with Gasteiger partial charge in [0.05, 0.1) is 6.26 Å². The number of aromatic nitrogens is 2. The summed E-state index contributed by atoms with van der Waals surface area (Å²) in [6, 6.07) is 8.99. The van der Waals surface area contributed by atoms with E-state index in [-0.39, 0.29) is 18.1 Å². The lowest BCUT2D eigenvalue weighted by Gasteiger charge is -2.03. The van der Waals surface area contributed by atoms with Gasteiger partial charge in [0.1, 0.15) is 5.82 Å². The molecule has 1 aromatic carbocycles. The van der Waals surface area contributed by atoms with Crippen LogP contribution in [0.3, 0.4) is 0 Å². The largest absolute Gasteiger partial charge is 0.461 e. The van der Waals surface area contributed by atoms with Crippen molar-refractivity contribution >= 4 is 11.6 Å². The van der Waals surface area contributed by atoms with Gasteiger partial charge in [0, 0.05) is 18.5 Å². The summed E-state index contributed by atoms with van der Waals surface area (Å²) in [5.74, 6) is 0.629. The molecule has 6 nitrogen and oxygen atoms in total. The summed E-state index contributed by atoms with van der Waals surface area (Å²) in [7, 11) is 0. The summed E-state index contributed by atoms with van der Waals surface area (Å²) < 4.78 is 23.0. The first kappa shape index (κ1) is 14.0. The lowest BCUT2D eigenvalue weighted by Crippen LogP contribution is -2.12. The molecule has 2 aromatic heterocycles. The van der Waals surface area contributed by atoms with Crippen LogP contribution in [-0.4, -0.2) is 16.0 Å². The SMILES string of the molecule is O=C(CCc1nc(-c2ccco2)no1)Nc1ccc(F)cc1. The molecule has 0 bridgehead atoms. The normalized spacial score (nSPS) is 10.6. The molecular formula is C15H12FN3O3. The number of anilines is 1. The topological polar surface area (TPSA) is 81.2 Å². The van der Waals surface area contributed by atoms with Crippen LogP contribution in [0.25, 0.3) is 11.6 Å². The Labute approximate surface area is 124 Å². The average Bonchev–Trinajstić information content (AvgIpc) is 3.18. The smallest absolute Gasteiger partial charge is 0.238 e. The highest BCUT2D eigenvalue weighted by Crippen LogP contribution is 2.16. The van der Waals surface area contributed by atoms with Crippen LogP contribution in [0.4, 0.5) is 10.1 Å². The molecule has 0 atom stereocenters. The molecule has 2 heterocycles. The molecule has 0 spiro atoms. The second-order valence-corrected chi connectivity index (χ2v) is 4.54. The number of aryl methyl sites for hydroxylation is 1. The van der Waals surface area contributed by atoms with Crippen molar-refractivity contribution < 1.29 is 18.1 Å². The zero-order chi connectivity index (χ0) is 15.4. The van der Waals surface area contributed by atoms with E-state index >= 15 is 0 Å². The van der Waals surface area contributed by atoms with Gasteiger partial charge in [-0.15, -0.1) is 0 Å². The van der Waals surface area contributed by atoms with Crippen LogP contribution >= 0.6 is 0 Å². The van der Waals surface area contributed by atoms with Crippen LogP contribution in [0, 0.1) is 5.82 Å². The van der Waals surface area contributed by atoms with Gasteiger partial charge >= 0.3 is 0 Å². The molecule has 0 saturated heterocycles. The van der Waals surface area contributed by atoms with E-state index in [1.165, 1.54) is 30.5 Å². The zero-order valence-corrected chi connectivity index (χ0v) is 11.5. The van der Waals surface area contributed by atoms with E-state index in [9.17, 15) is 9.18 Å². The lowest BCUT2D eigenvalue weighted by atomic mass is 10.2. The van der Waals surface area contributed by atoms with Crippen molar-refractivity contribution in [1.29, 1.82) is 0 Å². The standard InChI is InChI=1S/C15H12FN3O3/c16-10-3-5-11(6-4-10)17-13(20)7-8-14-18-15(19-22-14)12-2-1-9-21-12/h1-6,9H,7-8H2,(H,17,20). The molecule has 3 aromatic rings. The predicted molar refractivity (Wildman–Crippen MR) is 75.4 cm³/mol. The molecule has 112 valence electrons. The van der Waals surface area contributed by atoms with E-state index in [0.717, 1.165) is 0 Å². The molecule has 0 unspecified atom stereocenters. The van der Waals surface area contributed by atoms with Gasteiger partial charge in [-0.05, 0) is 36.4 Å². The fourth-order valence-electron chi connectivity index (χ4n) is 1.84. The number of hydrogen-bond donors (Lipinski definition) is 1. The molecular weight excluding hydrogens is 289 g/mol. The fourth-order valence-corrected chi connectivity index (χ4v) is 1.84. The van der Waals surface area contributed by atoms with Gasteiger partial charge in [0.2, 0.25) is 17.6 Å². The summed E-state index contributed by atoms with van der Waals surface area (Å²) in [6.07, 6.45) is 2.00. The Morgan fingerprint density at radius 3 is 2.77 bits per heavy atom. The highest BCUT2D eigenvalue weighted by atomic mass is 19.1. The number of nitrogens with zero attached hydrogens (tertiary/aromatic N) is 2. The average molecular weight is 301 g/mol. The van der Waals surface area contributed by atoms with Gasteiger partial charge in [0.15, 0.2) is 5.76 Å². The Balaban J connectivity index is 1.54. The van der Waals surface area contributed by atoms with Gasteiger partial charge in [0.25, 0.3) is 0 Å². The van der Waals surface area contributed by atoms with Crippen LogP contribution in [0.15, 0.2) is 51.6 Å². The molecule has 3 rings (SSSR count). The molecule has 0 saturated carbocycles. The van der Waals surface area contributed by atoms with Crippen LogP contribution < -0.4 is 5.32 Å². The van der Waals surface area contributed by atoms with Crippen molar-refractivity contribution in [2.45, 2.75) is 12.8 Å². The predicted octanol–water partition coefficient (Wildman–Crippen LogP) is 3.04. The Morgan fingerprint density at radius 2 is 2.05 bits per heavy atom. The molecule has 0 radical (unpaired) electrons. The Morgan fingerprint density at radius 1 is 1.23 bits per heavy atom. The number of furan rings is 1. The lowest BCUT2D eigenvalue weighted by molar-refractivity contribution is -0.116. The van der Waals surface area contributed by atoms with Gasteiger partial charge in [-0.25, -0.2) is 4.39 Å². The second-order valence-electron chi connectivity index (χ2n) is 4.54. The van der Waals surface area contributed by atoms with Gasteiger partial charge in [-0.2, -0.15) is 4.98 Å². The maximum Gasteiger partial charge on any atom is 0.238 e. The number of amides is 1. The molecule has 1 amide bonds. The van der Waals surface area contributed by atoms with E-state index in [1.807, 2.05) is 0 Å². The summed E-state index contributed by atoms with van der Waals surface area (Å²) in [6.45, 7) is 0. The number of halogens is 1. The molecule has 0 aliphatic carbocycles. The number of benzene rings is 1. The molecule has 7 heteroatoms. The first-order valence-corrected chi connectivity index (χ1v) is 6.62. The quantitative estimate of drug-likeness (QED) is 0.783. The second kappa shape index (κ2) is 6.21. The molecule has 0 fully saturated rings. The van der Waals surface area contributed by atoms with E-state index in [4.69, 9.17) is 8.94 Å². The van der Waals surface area contributed by atoms with E-state index in [2.05, 4.69) is 15.5 Å². The monoisotopic (exact) mass is 301 g/mol. The summed E-state index contributed by atoms with van der Waals surface area (Å²) in [4.78, 5) is 15.9. The van der Waals surface area contributed by atoms with E-state index in [1.54, 1.807) is 12.1 Å². The van der Waals surface area contributed by atoms with Crippen molar-refractivity contribution in [3.63, 3.8) is 0 Å². The third kappa shape index (κ3) is 3.38. The highest BCUT2D eigenvalue weighted by molar-refractivity contribution is 5.90. The number of carbonyl (C=O) groups is 1. The fraction of sp³-hybridized carbons (Fsp3) is 0.133. The number of nitrogens with one attached hydrogen (secondary N) is 1. The zero-order valence-electron chi connectivity index (χ0n) is 11.5. The third-order valence-electron chi connectivity index (χ3n) is 2.90. The Hall–Kier alpha value is -2.96.